The number of amides is 1. The summed E-state index contributed by atoms with van der Waals surface area (Å²) in [5, 5.41) is 0.167. The van der Waals surface area contributed by atoms with Crippen LogP contribution in [-0.4, -0.2) is 46.6 Å². The van der Waals surface area contributed by atoms with E-state index < -0.39 is 16.4 Å². The molecule has 0 aliphatic carbocycles. The summed E-state index contributed by atoms with van der Waals surface area (Å²) in [5.74, 6) is 3.29. The van der Waals surface area contributed by atoms with Gasteiger partial charge in [-0.05, 0) is 37.2 Å². The van der Waals surface area contributed by atoms with E-state index in [2.05, 4.69) is 65.0 Å². The molecule has 0 fully saturated rings. The van der Waals surface area contributed by atoms with Gasteiger partial charge in [-0.1, -0.05) is 52.4 Å². The van der Waals surface area contributed by atoms with Crippen LogP contribution >= 0.6 is 0 Å². The molecule has 0 saturated heterocycles. The molecule has 0 N–H and O–H groups in total. The molecule has 0 radical (unpaired) electrons. The quantitative estimate of drug-likeness (QED) is 0.442. The second-order valence-electron chi connectivity index (χ2n) is 9.43. The Kier molecular flexibility index (Phi) is 8.15. The first-order chi connectivity index (χ1) is 12.3. The zero-order valence-corrected chi connectivity index (χ0v) is 20.6. The Morgan fingerprint density at radius 2 is 1.85 bits per heavy atom. The Balaban J connectivity index is 2.95. The monoisotopic (exact) mass is 407 g/mol. The molecule has 4 nitrogen and oxygen atoms in total. The first-order valence-electron chi connectivity index (χ1n) is 9.78. The predicted molar refractivity (Wildman–Crippen MR) is 119 cm³/mol. The number of hydrogen-bond acceptors (Lipinski definition) is 3. The van der Waals surface area contributed by atoms with Gasteiger partial charge in [-0.25, -0.2) is 4.79 Å². The molecular weight excluding hydrogens is 370 g/mol. The highest BCUT2D eigenvalue weighted by atomic mass is 28.4. The second kappa shape index (κ2) is 9.27. The van der Waals surface area contributed by atoms with Crippen LogP contribution in [0.3, 0.4) is 0 Å². The molecule has 0 aromatic rings. The van der Waals surface area contributed by atoms with Crippen molar-refractivity contribution in [2.45, 2.75) is 77.9 Å². The number of hydrogen-bond donors (Lipinski definition) is 0. The van der Waals surface area contributed by atoms with Crippen LogP contribution in [0.1, 0.15) is 34.1 Å². The lowest BCUT2D eigenvalue weighted by atomic mass is 10.1. The van der Waals surface area contributed by atoms with Crippen LogP contribution < -0.4 is 0 Å². The van der Waals surface area contributed by atoms with Crippen LogP contribution in [0, 0.1) is 11.5 Å². The molecule has 1 aliphatic rings. The first-order valence-corrected chi connectivity index (χ1v) is 16.2. The minimum atomic E-state index is -1.81. The Hall–Kier alpha value is -1.30. The smallest absolute Gasteiger partial charge is 0.415 e. The molecule has 152 valence electrons. The Bertz CT molecular complexity index is 643. The molecule has 1 unspecified atom stereocenters. The molecule has 0 spiro atoms. The summed E-state index contributed by atoms with van der Waals surface area (Å²) >= 11 is 0. The van der Waals surface area contributed by atoms with Gasteiger partial charge in [-0.3, -0.25) is 4.90 Å². The average Bonchev–Trinajstić information content (AvgIpc) is 2.51. The fraction of sp³-hybridized carbons (Fsp3) is 0.667. The first kappa shape index (κ1) is 23.7. The van der Waals surface area contributed by atoms with E-state index in [-0.39, 0.29) is 17.2 Å². The highest BCUT2D eigenvalue weighted by molar-refractivity contribution is 6.83. The van der Waals surface area contributed by atoms with Crippen LogP contribution in [0.2, 0.25) is 37.8 Å². The van der Waals surface area contributed by atoms with Crippen molar-refractivity contribution in [3.8, 4) is 11.5 Å². The Morgan fingerprint density at radius 1 is 1.22 bits per heavy atom. The predicted octanol–water partition coefficient (Wildman–Crippen LogP) is 5.56. The molecule has 1 heterocycles. The van der Waals surface area contributed by atoms with Gasteiger partial charge in [0, 0.05) is 18.7 Å². The summed E-state index contributed by atoms with van der Waals surface area (Å²) in [6.45, 7) is 20.5. The van der Waals surface area contributed by atoms with Gasteiger partial charge in [0.2, 0.25) is 0 Å². The fourth-order valence-corrected chi connectivity index (χ4v) is 3.90. The minimum Gasteiger partial charge on any atom is -0.449 e. The van der Waals surface area contributed by atoms with Crippen LogP contribution in [-0.2, 0) is 9.16 Å². The van der Waals surface area contributed by atoms with Crippen molar-refractivity contribution in [1.29, 1.82) is 0 Å². The maximum atomic E-state index is 12.6. The molecule has 0 saturated carbocycles. The maximum Gasteiger partial charge on any atom is 0.415 e. The lowest BCUT2D eigenvalue weighted by molar-refractivity contribution is 0.113. The Labute approximate surface area is 168 Å². The van der Waals surface area contributed by atoms with Gasteiger partial charge in [0.25, 0.3) is 0 Å². The normalized spacial score (nSPS) is 17.9. The van der Waals surface area contributed by atoms with Crippen molar-refractivity contribution >= 4 is 22.5 Å². The van der Waals surface area contributed by atoms with Crippen LogP contribution in [0.4, 0.5) is 4.79 Å². The molecule has 1 amide bonds. The van der Waals surface area contributed by atoms with E-state index in [4.69, 9.17) is 9.16 Å². The topological polar surface area (TPSA) is 38.8 Å². The van der Waals surface area contributed by atoms with Crippen molar-refractivity contribution in [3.63, 3.8) is 0 Å². The van der Waals surface area contributed by atoms with Gasteiger partial charge < -0.3 is 9.16 Å². The Morgan fingerprint density at radius 3 is 2.37 bits per heavy atom. The summed E-state index contributed by atoms with van der Waals surface area (Å²) < 4.78 is 11.6. The molecule has 0 bridgehead atoms. The van der Waals surface area contributed by atoms with Crippen molar-refractivity contribution in [2.24, 2.45) is 0 Å². The van der Waals surface area contributed by atoms with E-state index in [1.807, 2.05) is 25.2 Å². The van der Waals surface area contributed by atoms with E-state index in [0.29, 0.717) is 19.6 Å². The van der Waals surface area contributed by atoms with Crippen molar-refractivity contribution in [3.05, 3.63) is 23.9 Å². The molecule has 27 heavy (non-hydrogen) atoms. The summed E-state index contributed by atoms with van der Waals surface area (Å²) in [4.78, 5) is 14.3. The van der Waals surface area contributed by atoms with E-state index in [0.717, 1.165) is 5.70 Å². The second-order valence-corrected chi connectivity index (χ2v) is 19.0. The number of carbonyl (C=O) groups excluding carboxylic acids is 1. The highest BCUT2D eigenvalue weighted by Gasteiger charge is 2.37. The summed E-state index contributed by atoms with van der Waals surface area (Å²) in [7, 11) is -3.34. The third-order valence-electron chi connectivity index (χ3n) is 4.86. The summed E-state index contributed by atoms with van der Waals surface area (Å²) in [6.07, 6.45) is 6.25. The van der Waals surface area contributed by atoms with Gasteiger partial charge in [0.1, 0.15) is 14.1 Å². The summed E-state index contributed by atoms with van der Waals surface area (Å²) in [6, 6.07) is -0.274. The molecule has 0 aromatic carbocycles. The van der Waals surface area contributed by atoms with Crippen LogP contribution in [0.15, 0.2) is 23.9 Å². The minimum absolute atomic E-state index is 0.167. The van der Waals surface area contributed by atoms with Crippen LogP contribution in [0.5, 0.6) is 0 Å². The zero-order chi connectivity index (χ0) is 20.9. The molecular formula is C21H37NO3Si2. The van der Waals surface area contributed by atoms with Gasteiger partial charge in [-0.15, -0.1) is 5.54 Å². The largest absolute Gasteiger partial charge is 0.449 e. The van der Waals surface area contributed by atoms with E-state index in [1.54, 1.807) is 4.90 Å². The van der Waals surface area contributed by atoms with Crippen molar-refractivity contribution in [2.75, 3.05) is 13.2 Å². The summed E-state index contributed by atoms with van der Waals surface area (Å²) in [5.41, 5.74) is 4.28. The van der Waals surface area contributed by atoms with Crippen LogP contribution in [0.25, 0.3) is 0 Å². The SMILES string of the molecule is CCOC(=O)N1C(CCO[Si](C)(C)C(C)(C)C)=CC=CC1C#C[Si](C)(C)C. The number of ether oxygens (including phenoxy) is 1. The average molecular weight is 408 g/mol. The fourth-order valence-electron chi connectivity index (χ4n) is 2.27. The standard InChI is InChI=1S/C21H37NO3Si2/c1-10-24-20(23)22-18(14-16-25-27(8,9)21(2,3)4)12-11-13-19(22)15-17-26(5,6)7/h11-13,19H,10,14,16H2,1-9H3. The van der Waals surface area contributed by atoms with Gasteiger partial charge >= 0.3 is 6.09 Å². The number of allylic oxidation sites excluding steroid dienone is 2. The number of carbonyl (C=O) groups is 1. The van der Waals surface area contributed by atoms with E-state index >= 15 is 0 Å². The van der Waals surface area contributed by atoms with E-state index in [1.165, 1.54) is 0 Å². The molecule has 1 atom stereocenters. The van der Waals surface area contributed by atoms with Crippen molar-refractivity contribution in [1.82, 2.24) is 4.90 Å². The lowest BCUT2D eigenvalue weighted by Gasteiger charge is -2.37. The van der Waals surface area contributed by atoms with E-state index in [9.17, 15) is 4.79 Å². The van der Waals surface area contributed by atoms with Gasteiger partial charge in [0.15, 0.2) is 8.32 Å². The third-order valence-corrected chi connectivity index (χ3v) is 10.3. The molecule has 1 aliphatic heterocycles. The van der Waals surface area contributed by atoms with Gasteiger partial charge in [0.05, 0.1) is 6.61 Å². The highest BCUT2D eigenvalue weighted by Crippen LogP contribution is 2.36. The molecule has 6 heteroatoms. The third kappa shape index (κ3) is 7.32. The zero-order valence-electron chi connectivity index (χ0n) is 18.6. The van der Waals surface area contributed by atoms with Crippen molar-refractivity contribution < 1.29 is 14.0 Å². The number of rotatable bonds is 5. The maximum absolute atomic E-state index is 12.6. The van der Waals surface area contributed by atoms with Gasteiger partial charge in [-0.2, -0.15) is 0 Å². The lowest BCUT2D eigenvalue weighted by Crippen LogP contribution is -2.42. The molecule has 0 aromatic heterocycles. The number of nitrogens with zero attached hydrogens (tertiary/aromatic N) is 1. The molecule has 1 rings (SSSR count).